The van der Waals surface area contributed by atoms with Crippen LogP contribution in [0.2, 0.25) is 0 Å². The second kappa shape index (κ2) is 16.8. The molecule has 0 radical (unpaired) electrons. The van der Waals surface area contributed by atoms with Gasteiger partial charge in [-0.2, -0.15) is 10.5 Å². The molecule has 2 heterocycles. The first-order valence-electron chi connectivity index (χ1n) is 12.9. The number of aromatic hydroxyl groups is 4. The van der Waals surface area contributed by atoms with Crippen LogP contribution in [0.1, 0.15) is 20.9 Å². The van der Waals surface area contributed by atoms with E-state index >= 15 is 0 Å². The normalized spacial score (nSPS) is 11.0. The van der Waals surface area contributed by atoms with Gasteiger partial charge in [-0.15, -0.1) is 22.7 Å². The van der Waals surface area contributed by atoms with Crippen molar-refractivity contribution in [1.29, 1.82) is 10.5 Å². The summed E-state index contributed by atoms with van der Waals surface area (Å²) in [5, 5.41) is 59.2. The van der Waals surface area contributed by atoms with Crippen molar-refractivity contribution < 1.29 is 39.5 Å². The Kier molecular flexibility index (Phi) is 12.6. The molecule has 0 bridgehead atoms. The fourth-order valence-corrected chi connectivity index (χ4v) is 4.80. The van der Waals surface area contributed by atoms with E-state index in [1.54, 1.807) is 34.8 Å². The zero-order valence-electron chi connectivity index (χ0n) is 23.0. The van der Waals surface area contributed by atoms with Gasteiger partial charge in [0.15, 0.2) is 23.0 Å². The van der Waals surface area contributed by atoms with Gasteiger partial charge in [0.05, 0.1) is 13.2 Å². The highest BCUT2D eigenvalue weighted by Crippen LogP contribution is 2.27. The van der Waals surface area contributed by atoms with Crippen molar-refractivity contribution in [3.63, 3.8) is 0 Å². The molecule has 10 nitrogen and oxygen atoms in total. The Hall–Kier alpha value is -5.56. The number of rotatable bonds is 10. The van der Waals surface area contributed by atoms with Crippen molar-refractivity contribution >= 4 is 46.8 Å². The molecule has 0 spiro atoms. The summed E-state index contributed by atoms with van der Waals surface area (Å²) in [4.78, 5) is 25.9. The minimum absolute atomic E-state index is 0.170. The summed E-state index contributed by atoms with van der Waals surface area (Å²) < 4.78 is 10.1. The minimum Gasteiger partial charge on any atom is -0.504 e. The van der Waals surface area contributed by atoms with Crippen LogP contribution in [-0.2, 0) is 31.9 Å². The standard InChI is InChI=1S/2C16H13NO4S/c2*17-10-12(8-11-3-4-14(18)15(19)9-11)16(20)21-6-5-13-2-1-7-22-13/h2*1-4,7-9,18-19H,5-6H2/b2*12-8+. The molecule has 0 saturated carbocycles. The second-order valence-corrected chi connectivity index (χ2v) is 10.8. The Balaban J connectivity index is 0.000000240. The molecule has 0 saturated heterocycles. The number of ether oxygens (including phenoxy) is 2. The topological polar surface area (TPSA) is 181 Å². The number of carbonyl (C=O) groups is 2. The molecule has 0 aliphatic heterocycles. The highest BCUT2D eigenvalue weighted by Gasteiger charge is 2.13. The molecule has 224 valence electrons. The Bertz CT molecular complexity index is 1590. The van der Waals surface area contributed by atoms with Gasteiger partial charge < -0.3 is 29.9 Å². The van der Waals surface area contributed by atoms with Crippen molar-refractivity contribution in [3.8, 4) is 35.1 Å². The van der Waals surface area contributed by atoms with Gasteiger partial charge in [0.25, 0.3) is 0 Å². The number of phenols is 4. The summed E-state index contributed by atoms with van der Waals surface area (Å²) in [6.07, 6.45) is 3.80. The lowest BCUT2D eigenvalue weighted by atomic mass is 10.1. The third-order valence-electron chi connectivity index (χ3n) is 5.63. The third-order valence-corrected chi connectivity index (χ3v) is 7.50. The van der Waals surface area contributed by atoms with E-state index in [0.29, 0.717) is 24.0 Å². The third kappa shape index (κ3) is 10.4. The molecule has 4 N–H and O–H groups in total. The molecule has 0 fully saturated rings. The number of carbonyl (C=O) groups excluding carboxylic acids is 2. The molecule has 12 heteroatoms. The van der Waals surface area contributed by atoms with Gasteiger partial charge in [0, 0.05) is 22.6 Å². The van der Waals surface area contributed by atoms with Crippen LogP contribution in [0.25, 0.3) is 12.2 Å². The lowest BCUT2D eigenvalue weighted by molar-refractivity contribution is -0.139. The summed E-state index contributed by atoms with van der Waals surface area (Å²) in [6, 6.07) is 19.3. The van der Waals surface area contributed by atoms with E-state index in [9.17, 15) is 30.0 Å². The van der Waals surface area contributed by atoms with Crippen molar-refractivity contribution in [2.75, 3.05) is 13.2 Å². The van der Waals surface area contributed by atoms with Crippen molar-refractivity contribution in [2.24, 2.45) is 0 Å². The molecule has 4 aromatic rings. The molecular formula is C32H26N2O8S2. The number of phenolic OH excluding ortho intramolecular Hbond substituents is 4. The number of nitriles is 2. The highest BCUT2D eigenvalue weighted by atomic mass is 32.1. The Labute approximate surface area is 260 Å². The average Bonchev–Trinajstić information content (AvgIpc) is 3.73. The molecular weight excluding hydrogens is 604 g/mol. The first-order chi connectivity index (χ1) is 21.2. The van der Waals surface area contributed by atoms with Crippen LogP contribution >= 0.6 is 22.7 Å². The SMILES string of the molecule is N#C/C(=C\c1ccc(O)c(O)c1)C(=O)OCCc1cccs1.N#C/C(=C\c1ccc(O)c(O)c1)C(=O)OCCc1cccs1. The van der Waals surface area contributed by atoms with E-state index in [-0.39, 0.29) is 47.4 Å². The van der Waals surface area contributed by atoms with E-state index in [1.807, 2.05) is 35.0 Å². The predicted molar refractivity (Wildman–Crippen MR) is 165 cm³/mol. The Morgan fingerprint density at radius 1 is 0.659 bits per heavy atom. The van der Waals surface area contributed by atoms with Crippen LogP contribution in [0, 0.1) is 22.7 Å². The molecule has 2 aromatic carbocycles. The van der Waals surface area contributed by atoms with Crippen LogP contribution in [0.4, 0.5) is 0 Å². The second-order valence-electron chi connectivity index (χ2n) is 8.77. The molecule has 0 amide bonds. The zero-order valence-corrected chi connectivity index (χ0v) is 24.7. The van der Waals surface area contributed by atoms with E-state index in [4.69, 9.17) is 20.0 Å². The molecule has 4 rings (SSSR count). The summed E-state index contributed by atoms with van der Waals surface area (Å²) in [5.41, 5.74) is 0.497. The number of thiophene rings is 2. The fourth-order valence-electron chi connectivity index (χ4n) is 3.42. The average molecular weight is 631 g/mol. The predicted octanol–water partition coefficient (Wildman–Crippen LogP) is 5.70. The van der Waals surface area contributed by atoms with Crippen molar-refractivity contribution in [1.82, 2.24) is 0 Å². The quantitative estimate of drug-likeness (QED) is 0.0734. The van der Waals surface area contributed by atoms with Gasteiger partial charge in [0.1, 0.15) is 23.3 Å². The molecule has 44 heavy (non-hydrogen) atoms. The Morgan fingerprint density at radius 3 is 1.39 bits per heavy atom. The van der Waals surface area contributed by atoms with Gasteiger partial charge in [0.2, 0.25) is 0 Å². The summed E-state index contributed by atoms with van der Waals surface area (Å²) in [6.45, 7) is 0.387. The van der Waals surface area contributed by atoms with Crippen LogP contribution < -0.4 is 0 Å². The zero-order chi connectivity index (χ0) is 31.9. The van der Waals surface area contributed by atoms with Gasteiger partial charge in [-0.25, -0.2) is 9.59 Å². The summed E-state index contributed by atoms with van der Waals surface area (Å²) in [5.74, 6) is -2.61. The molecule has 0 aliphatic carbocycles. The van der Waals surface area contributed by atoms with Crippen LogP contribution in [0.3, 0.4) is 0 Å². The lowest BCUT2D eigenvalue weighted by Gasteiger charge is -2.03. The number of hydrogen-bond donors (Lipinski definition) is 4. The van der Waals surface area contributed by atoms with Gasteiger partial charge in [-0.05, 0) is 70.4 Å². The van der Waals surface area contributed by atoms with E-state index in [0.717, 1.165) is 9.75 Å². The van der Waals surface area contributed by atoms with E-state index in [2.05, 4.69) is 0 Å². The van der Waals surface area contributed by atoms with Crippen LogP contribution in [0.15, 0.2) is 82.6 Å². The lowest BCUT2D eigenvalue weighted by Crippen LogP contribution is -2.09. The first-order valence-corrected chi connectivity index (χ1v) is 14.6. The van der Waals surface area contributed by atoms with Gasteiger partial charge in [-0.1, -0.05) is 24.3 Å². The van der Waals surface area contributed by atoms with Gasteiger partial charge >= 0.3 is 11.9 Å². The largest absolute Gasteiger partial charge is 0.504 e. The molecule has 0 aliphatic rings. The Morgan fingerprint density at radius 2 is 1.07 bits per heavy atom. The van der Waals surface area contributed by atoms with E-state index in [1.165, 1.54) is 48.6 Å². The fraction of sp³-hybridized carbons (Fsp3) is 0.125. The molecule has 0 unspecified atom stereocenters. The monoisotopic (exact) mass is 630 g/mol. The number of benzene rings is 2. The summed E-state index contributed by atoms with van der Waals surface area (Å²) >= 11 is 3.14. The maximum Gasteiger partial charge on any atom is 0.348 e. The maximum absolute atomic E-state index is 11.8. The highest BCUT2D eigenvalue weighted by molar-refractivity contribution is 7.10. The van der Waals surface area contributed by atoms with Crippen molar-refractivity contribution in [3.05, 3.63) is 103 Å². The first kappa shape index (κ1) is 32.9. The van der Waals surface area contributed by atoms with Crippen LogP contribution in [0.5, 0.6) is 23.0 Å². The van der Waals surface area contributed by atoms with Gasteiger partial charge in [-0.3, -0.25) is 0 Å². The minimum atomic E-state index is -0.716. The van der Waals surface area contributed by atoms with Crippen LogP contribution in [-0.4, -0.2) is 45.6 Å². The van der Waals surface area contributed by atoms with E-state index < -0.39 is 11.9 Å². The maximum atomic E-state index is 11.8. The number of esters is 2. The smallest absolute Gasteiger partial charge is 0.348 e. The number of hydrogen-bond acceptors (Lipinski definition) is 12. The molecule has 0 atom stereocenters. The number of nitrogens with zero attached hydrogens (tertiary/aromatic N) is 2. The summed E-state index contributed by atoms with van der Waals surface area (Å²) in [7, 11) is 0. The van der Waals surface area contributed by atoms with Crippen molar-refractivity contribution in [2.45, 2.75) is 12.8 Å². The molecule has 2 aromatic heterocycles.